The van der Waals surface area contributed by atoms with Gasteiger partial charge in [0.2, 0.25) is 0 Å². The summed E-state index contributed by atoms with van der Waals surface area (Å²) in [5.41, 5.74) is 0.624. The zero-order chi connectivity index (χ0) is 15.4. The monoisotopic (exact) mass is 324 g/mol. The topological polar surface area (TPSA) is 24.5 Å². The van der Waals surface area contributed by atoms with E-state index in [1.54, 1.807) is 0 Å². The Kier molecular flexibility index (Phi) is 3.57. The van der Waals surface area contributed by atoms with Crippen molar-refractivity contribution in [1.29, 1.82) is 0 Å². The minimum absolute atomic E-state index is 0.144. The number of ether oxygens (including phenoxy) is 1. The first-order chi connectivity index (χ1) is 9.90. The molecule has 0 spiro atoms. The van der Waals surface area contributed by atoms with Crippen molar-refractivity contribution in [3.63, 3.8) is 0 Å². The lowest BCUT2D eigenvalue weighted by molar-refractivity contribution is -0.123. The van der Waals surface area contributed by atoms with E-state index >= 15 is 0 Å². The lowest BCUT2D eigenvalue weighted by Crippen LogP contribution is -2.70. The van der Waals surface area contributed by atoms with Crippen LogP contribution >= 0.6 is 23.8 Å². The van der Waals surface area contributed by atoms with Crippen molar-refractivity contribution in [2.75, 3.05) is 0 Å². The van der Waals surface area contributed by atoms with Crippen LogP contribution < -0.4 is 10.1 Å². The molecule has 1 fully saturated rings. The first kappa shape index (κ1) is 14.9. The number of fused-ring (bicyclic) bond motifs is 4. The highest BCUT2D eigenvalue weighted by molar-refractivity contribution is 7.80. The molecule has 21 heavy (non-hydrogen) atoms. The van der Waals surface area contributed by atoms with Crippen LogP contribution in [0.3, 0.4) is 0 Å². The van der Waals surface area contributed by atoms with E-state index in [-0.39, 0.29) is 12.0 Å². The van der Waals surface area contributed by atoms with Gasteiger partial charge in [-0.25, -0.2) is 0 Å². The molecule has 4 unspecified atom stereocenters. The maximum atomic E-state index is 6.41. The average molecular weight is 325 g/mol. The minimum atomic E-state index is -0.472. The van der Waals surface area contributed by atoms with Crippen molar-refractivity contribution in [2.45, 2.75) is 51.9 Å². The Labute approximate surface area is 136 Å². The molecular formula is C16H21ClN2OS. The van der Waals surface area contributed by atoms with E-state index in [0.717, 1.165) is 22.8 Å². The third-order valence-corrected chi connectivity index (χ3v) is 5.61. The van der Waals surface area contributed by atoms with Gasteiger partial charge in [0.25, 0.3) is 0 Å². The lowest BCUT2D eigenvalue weighted by Gasteiger charge is -2.58. The predicted octanol–water partition coefficient (Wildman–Crippen LogP) is 4.11. The number of halogens is 1. The third-order valence-electron chi connectivity index (χ3n) is 4.99. The number of benzene rings is 1. The van der Waals surface area contributed by atoms with E-state index in [4.69, 9.17) is 28.6 Å². The van der Waals surface area contributed by atoms with E-state index in [0.29, 0.717) is 11.1 Å². The Hall–Kier alpha value is -1.00. The minimum Gasteiger partial charge on any atom is -0.466 e. The van der Waals surface area contributed by atoms with Gasteiger partial charge in [0.1, 0.15) is 5.75 Å². The Balaban J connectivity index is 2.14. The van der Waals surface area contributed by atoms with Crippen LogP contribution in [-0.2, 0) is 0 Å². The molecule has 1 aromatic carbocycles. The first-order valence-corrected chi connectivity index (χ1v) is 8.26. The van der Waals surface area contributed by atoms with Gasteiger partial charge in [0.15, 0.2) is 10.8 Å². The Morgan fingerprint density at radius 2 is 2.24 bits per heavy atom. The highest BCUT2D eigenvalue weighted by atomic mass is 35.5. The first-order valence-electron chi connectivity index (χ1n) is 7.47. The van der Waals surface area contributed by atoms with E-state index < -0.39 is 5.72 Å². The molecule has 2 bridgehead atoms. The van der Waals surface area contributed by atoms with Gasteiger partial charge < -0.3 is 15.0 Å². The van der Waals surface area contributed by atoms with E-state index in [2.05, 4.69) is 44.0 Å². The fourth-order valence-corrected chi connectivity index (χ4v) is 4.16. The fourth-order valence-electron chi connectivity index (χ4n) is 3.45. The number of thiocarbonyl (C=S) groups is 1. The van der Waals surface area contributed by atoms with Crippen molar-refractivity contribution >= 4 is 28.9 Å². The molecule has 5 heteroatoms. The second kappa shape index (κ2) is 5.03. The van der Waals surface area contributed by atoms with Crippen LogP contribution in [0.5, 0.6) is 5.75 Å². The van der Waals surface area contributed by atoms with Crippen LogP contribution in [0.1, 0.15) is 45.7 Å². The Bertz CT molecular complexity index is 594. The number of hydrogen-bond acceptors (Lipinski definition) is 2. The van der Waals surface area contributed by atoms with Crippen LogP contribution in [-0.4, -0.2) is 21.8 Å². The van der Waals surface area contributed by atoms with Crippen molar-refractivity contribution in [1.82, 2.24) is 10.2 Å². The van der Waals surface area contributed by atoms with Gasteiger partial charge in [-0.1, -0.05) is 37.6 Å². The van der Waals surface area contributed by atoms with E-state index in [9.17, 15) is 0 Å². The van der Waals surface area contributed by atoms with Gasteiger partial charge in [-0.3, -0.25) is 0 Å². The average Bonchev–Trinajstić information content (AvgIpc) is 2.43. The molecule has 0 aliphatic carbocycles. The number of nitrogens with one attached hydrogen (secondary N) is 1. The standard InChI is InChI=1S/C16H21ClN2OS/c1-5-9(2)19-15(21)18-13-10(3)16(19,4)20-14-11(13)7-6-8-12(14)17/h6-10,13H,5H2,1-4H3,(H,18,21). The van der Waals surface area contributed by atoms with Gasteiger partial charge in [0.05, 0.1) is 11.1 Å². The highest BCUT2D eigenvalue weighted by Crippen LogP contribution is 2.50. The molecule has 3 rings (SSSR count). The number of nitrogens with zero attached hydrogens (tertiary/aromatic N) is 1. The highest BCUT2D eigenvalue weighted by Gasteiger charge is 2.54. The van der Waals surface area contributed by atoms with Crippen LogP contribution in [0.25, 0.3) is 0 Å². The Morgan fingerprint density at radius 3 is 2.90 bits per heavy atom. The zero-order valence-electron chi connectivity index (χ0n) is 12.8. The molecule has 3 nitrogen and oxygen atoms in total. The SMILES string of the molecule is CCC(C)N1C(=S)NC2c3cccc(Cl)c3OC1(C)C2C. The molecule has 0 radical (unpaired) electrons. The molecule has 2 aliphatic rings. The van der Waals surface area contributed by atoms with Gasteiger partial charge in [-0.05, 0) is 38.6 Å². The van der Waals surface area contributed by atoms with Crippen molar-refractivity contribution in [2.24, 2.45) is 5.92 Å². The predicted molar refractivity (Wildman–Crippen MR) is 89.7 cm³/mol. The maximum Gasteiger partial charge on any atom is 0.187 e. The van der Waals surface area contributed by atoms with Crippen molar-refractivity contribution in [3.05, 3.63) is 28.8 Å². The van der Waals surface area contributed by atoms with Crippen molar-refractivity contribution < 1.29 is 4.74 Å². The summed E-state index contributed by atoms with van der Waals surface area (Å²) < 4.78 is 6.41. The normalized spacial score (nSPS) is 32.0. The molecule has 114 valence electrons. The van der Waals surface area contributed by atoms with Crippen LogP contribution in [0.4, 0.5) is 0 Å². The molecule has 0 saturated carbocycles. The Morgan fingerprint density at radius 1 is 1.52 bits per heavy atom. The van der Waals surface area contributed by atoms with Gasteiger partial charge in [-0.2, -0.15) is 0 Å². The molecule has 4 atom stereocenters. The van der Waals surface area contributed by atoms with Gasteiger partial charge >= 0.3 is 0 Å². The lowest BCUT2D eigenvalue weighted by atomic mass is 9.80. The summed E-state index contributed by atoms with van der Waals surface area (Å²) in [4.78, 5) is 2.19. The molecule has 0 amide bonds. The summed E-state index contributed by atoms with van der Waals surface area (Å²) in [6.45, 7) is 8.67. The summed E-state index contributed by atoms with van der Waals surface area (Å²) in [5.74, 6) is 1.05. The molecule has 2 heterocycles. The molecule has 1 aromatic rings. The fraction of sp³-hybridized carbons (Fsp3) is 0.562. The molecule has 2 aliphatic heterocycles. The second-order valence-electron chi connectivity index (χ2n) is 6.16. The van der Waals surface area contributed by atoms with E-state index in [1.807, 2.05) is 12.1 Å². The van der Waals surface area contributed by atoms with Crippen LogP contribution in [0.15, 0.2) is 18.2 Å². The van der Waals surface area contributed by atoms with Gasteiger partial charge in [0, 0.05) is 17.5 Å². The summed E-state index contributed by atoms with van der Waals surface area (Å²) in [6.07, 6.45) is 1.01. The third kappa shape index (κ3) is 2.03. The molecule has 0 aromatic heterocycles. The largest absolute Gasteiger partial charge is 0.466 e. The molecular weight excluding hydrogens is 304 g/mol. The second-order valence-corrected chi connectivity index (χ2v) is 6.95. The quantitative estimate of drug-likeness (QED) is 0.827. The summed E-state index contributed by atoms with van der Waals surface area (Å²) in [6, 6.07) is 6.36. The maximum absolute atomic E-state index is 6.41. The smallest absolute Gasteiger partial charge is 0.187 e. The zero-order valence-corrected chi connectivity index (χ0v) is 14.4. The van der Waals surface area contributed by atoms with Crippen LogP contribution in [0.2, 0.25) is 5.02 Å². The summed E-state index contributed by atoms with van der Waals surface area (Å²) in [7, 11) is 0. The number of para-hydroxylation sites is 1. The van der Waals surface area contributed by atoms with Crippen molar-refractivity contribution in [3.8, 4) is 5.75 Å². The summed E-state index contributed by atoms with van der Waals surface area (Å²) in [5, 5.41) is 4.92. The molecule has 1 N–H and O–H groups in total. The van der Waals surface area contributed by atoms with E-state index in [1.165, 1.54) is 0 Å². The summed E-state index contributed by atoms with van der Waals surface area (Å²) >= 11 is 12.0. The van der Waals surface area contributed by atoms with Gasteiger partial charge in [-0.15, -0.1) is 0 Å². The number of rotatable bonds is 2. The molecule has 1 saturated heterocycles. The van der Waals surface area contributed by atoms with Crippen LogP contribution in [0, 0.1) is 5.92 Å². The number of hydrogen-bond donors (Lipinski definition) is 1.